The SMILES string of the molecule is C=C(O)/C(F)=C(/F)C(=C)C(C)CCC(C)CC.CCC. The number of allylic oxidation sites excluding steroid dienone is 3. The number of halogens is 2. The standard InChI is InChI=1S/C14H22F2O.C3H8/c1-6-9(2)7-8-10(3)11(4)13(15)14(16)12(5)17;1-3-2/h9-10,17H,4-8H2,1-3H3;3H2,1-2H3/b14-13-;. The van der Waals surface area contributed by atoms with Gasteiger partial charge < -0.3 is 5.11 Å². The van der Waals surface area contributed by atoms with Gasteiger partial charge in [0.2, 0.25) is 0 Å². The molecule has 2 atom stereocenters. The van der Waals surface area contributed by atoms with Crippen LogP contribution in [0.25, 0.3) is 0 Å². The summed E-state index contributed by atoms with van der Waals surface area (Å²) in [4.78, 5) is 0. The van der Waals surface area contributed by atoms with Gasteiger partial charge in [0.15, 0.2) is 11.7 Å². The van der Waals surface area contributed by atoms with Crippen molar-refractivity contribution < 1.29 is 13.9 Å². The van der Waals surface area contributed by atoms with Gasteiger partial charge in [0.1, 0.15) is 5.76 Å². The van der Waals surface area contributed by atoms with Crippen LogP contribution in [0.1, 0.15) is 60.3 Å². The molecule has 20 heavy (non-hydrogen) atoms. The number of rotatable bonds is 7. The van der Waals surface area contributed by atoms with Crippen LogP contribution in [-0.4, -0.2) is 5.11 Å². The Labute approximate surface area is 123 Å². The zero-order valence-electron chi connectivity index (χ0n) is 13.6. The molecule has 2 unspecified atom stereocenters. The van der Waals surface area contributed by atoms with Gasteiger partial charge in [-0.15, -0.1) is 0 Å². The van der Waals surface area contributed by atoms with Crippen molar-refractivity contribution in [3.63, 3.8) is 0 Å². The smallest absolute Gasteiger partial charge is 0.199 e. The second-order valence-corrected chi connectivity index (χ2v) is 5.30. The first-order valence-electron chi connectivity index (χ1n) is 7.35. The summed E-state index contributed by atoms with van der Waals surface area (Å²) in [5.74, 6) is -2.87. The van der Waals surface area contributed by atoms with E-state index in [1.165, 1.54) is 6.42 Å². The summed E-state index contributed by atoms with van der Waals surface area (Å²) in [6.45, 7) is 16.8. The summed E-state index contributed by atoms with van der Waals surface area (Å²) < 4.78 is 26.6. The van der Waals surface area contributed by atoms with Crippen LogP contribution in [-0.2, 0) is 0 Å². The highest BCUT2D eigenvalue weighted by atomic mass is 19.2. The van der Waals surface area contributed by atoms with E-state index >= 15 is 0 Å². The van der Waals surface area contributed by atoms with E-state index in [0.717, 1.165) is 19.3 Å². The Kier molecular flexibility index (Phi) is 12.4. The quantitative estimate of drug-likeness (QED) is 0.411. The molecule has 0 amide bonds. The van der Waals surface area contributed by atoms with Crippen molar-refractivity contribution in [3.05, 3.63) is 36.1 Å². The summed E-state index contributed by atoms with van der Waals surface area (Å²) in [5, 5.41) is 8.77. The molecule has 0 aromatic carbocycles. The molecular formula is C17H30F2O. The van der Waals surface area contributed by atoms with E-state index in [4.69, 9.17) is 5.11 Å². The fourth-order valence-electron chi connectivity index (χ4n) is 1.40. The Bertz CT molecular complexity index is 332. The molecule has 0 rings (SSSR count). The molecule has 0 fully saturated rings. The van der Waals surface area contributed by atoms with Gasteiger partial charge in [-0.05, 0) is 23.8 Å². The molecule has 0 spiro atoms. The number of aliphatic hydroxyl groups is 1. The zero-order valence-corrected chi connectivity index (χ0v) is 13.6. The van der Waals surface area contributed by atoms with Crippen LogP contribution in [0.5, 0.6) is 0 Å². The minimum atomic E-state index is -1.31. The van der Waals surface area contributed by atoms with Crippen LogP contribution in [0.2, 0.25) is 0 Å². The molecular weight excluding hydrogens is 258 g/mol. The van der Waals surface area contributed by atoms with E-state index in [-0.39, 0.29) is 11.5 Å². The first kappa shape index (κ1) is 21.2. The first-order valence-corrected chi connectivity index (χ1v) is 7.35. The lowest BCUT2D eigenvalue weighted by Crippen LogP contribution is -2.04. The molecule has 1 nitrogen and oxygen atoms in total. The first-order chi connectivity index (χ1) is 9.22. The molecule has 0 aliphatic rings. The lowest BCUT2D eigenvalue weighted by molar-refractivity contribution is 0.377. The molecule has 3 heteroatoms. The van der Waals surface area contributed by atoms with Crippen LogP contribution in [0.15, 0.2) is 36.1 Å². The maximum atomic E-state index is 13.5. The van der Waals surface area contributed by atoms with Crippen molar-refractivity contribution in [2.24, 2.45) is 11.8 Å². The lowest BCUT2D eigenvalue weighted by Gasteiger charge is -2.16. The molecule has 0 aromatic rings. The predicted octanol–water partition coefficient (Wildman–Crippen LogP) is 6.64. The predicted molar refractivity (Wildman–Crippen MR) is 84.0 cm³/mol. The van der Waals surface area contributed by atoms with Crippen molar-refractivity contribution in [2.45, 2.75) is 60.3 Å². The van der Waals surface area contributed by atoms with Crippen LogP contribution in [0.3, 0.4) is 0 Å². The van der Waals surface area contributed by atoms with Crippen LogP contribution < -0.4 is 0 Å². The molecule has 0 bridgehead atoms. The average molecular weight is 288 g/mol. The second kappa shape index (κ2) is 11.7. The summed E-state index contributed by atoms with van der Waals surface area (Å²) >= 11 is 0. The van der Waals surface area contributed by atoms with E-state index in [2.05, 4.69) is 40.9 Å². The Balaban J connectivity index is 0. The molecule has 0 saturated heterocycles. The Hall–Kier alpha value is -1.12. The van der Waals surface area contributed by atoms with E-state index < -0.39 is 17.4 Å². The number of aliphatic hydroxyl groups excluding tert-OH is 1. The lowest BCUT2D eigenvalue weighted by atomic mass is 9.91. The van der Waals surface area contributed by atoms with Gasteiger partial charge in [0.05, 0.1) is 0 Å². The molecule has 0 aliphatic carbocycles. The molecule has 0 aliphatic heterocycles. The number of hydrogen-bond donors (Lipinski definition) is 1. The summed E-state index contributed by atoms with van der Waals surface area (Å²) in [6, 6.07) is 0. The van der Waals surface area contributed by atoms with Crippen molar-refractivity contribution in [3.8, 4) is 0 Å². The number of hydrogen-bond acceptors (Lipinski definition) is 1. The summed E-state index contributed by atoms with van der Waals surface area (Å²) in [7, 11) is 0. The minimum absolute atomic E-state index is 0.0843. The molecule has 0 radical (unpaired) electrons. The Morgan fingerprint density at radius 3 is 1.80 bits per heavy atom. The third kappa shape index (κ3) is 8.89. The fourth-order valence-corrected chi connectivity index (χ4v) is 1.40. The summed E-state index contributed by atoms with van der Waals surface area (Å²) in [6.07, 6.45) is 4.03. The van der Waals surface area contributed by atoms with Gasteiger partial charge >= 0.3 is 0 Å². The van der Waals surface area contributed by atoms with Crippen LogP contribution in [0, 0.1) is 11.8 Å². The molecule has 0 heterocycles. The normalized spacial score (nSPS) is 14.6. The maximum Gasteiger partial charge on any atom is 0.199 e. The minimum Gasteiger partial charge on any atom is -0.505 e. The molecule has 0 aromatic heterocycles. The van der Waals surface area contributed by atoms with E-state index in [1.807, 2.05) is 0 Å². The summed E-state index contributed by atoms with van der Waals surface area (Å²) in [5.41, 5.74) is 0.0843. The van der Waals surface area contributed by atoms with E-state index in [0.29, 0.717) is 5.92 Å². The van der Waals surface area contributed by atoms with Gasteiger partial charge in [-0.3, -0.25) is 0 Å². The Morgan fingerprint density at radius 1 is 1.00 bits per heavy atom. The monoisotopic (exact) mass is 288 g/mol. The largest absolute Gasteiger partial charge is 0.505 e. The third-order valence-corrected chi connectivity index (χ3v) is 3.11. The van der Waals surface area contributed by atoms with Gasteiger partial charge in [-0.2, -0.15) is 4.39 Å². The molecule has 1 N–H and O–H groups in total. The third-order valence-electron chi connectivity index (χ3n) is 3.11. The highest BCUT2D eigenvalue weighted by Crippen LogP contribution is 2.29. The topological polar surface area (TPSA) is 20.2 Å². The van der Waals surface area contributed by atoms with E-state index in [9.17, 15) is 8.78 Å². The highest BCUT2D eigenvalue weighted by molar-refractivity contribution is 5.32. The fraction of sp³-hybridized carbons (Fsp3) is 0.647. The van der Waals surface area contributed by atoms with Crippen molar-refractivity contribution >= 4 is 0 Å². The van der Waals surface area contributed by atoms with Crippen molar-refractivity contribution in [2.75, 3.05) is 0 Å². The van der Waals surface area contributed by atoms with Gasteiger partial charge in [0.25, 0.3) is 0 Å². The van der Waals surface area contributed by atoms with Gasteiger partial charge in [-0.1, -0.05) is 67.0 Å². The van der Waals surface area contributed by atoms with Crippen molar-refractivity contribution in [1.82, 2.24) is 0 Å². The van der Waals surface area contributed by atoms with Crippen LogP contribution in [0.4, 0.5) is 8.78 Å². The van der Waals surface area contributed by atoms with E-state index in [1.54, 1.807) is 6.92 Å². The second-order valence-electron chi connectivity index (χ2n) is 5.30. The maximum absolute atomic E-state index is 13.5. The molecule has 0 saturated carbocycles. The zero-order chi connectivity index (χ0) is 16.3. The highest BCUT2D eigenvalue weighted by Gasteiger charge is 2.18. The molecule has 118 valence electrons. The Morgan fingerprint density at radius 2 is 1.45 bits per heavy atom. The van der Waals surface area contributed by atoms with Gasteiger partial charge in [0, 0.05) is 0 Å². The van der Waals surface area contributed by atoms with Gasteiger partial charge in [-0.25, -0.2) is 4.39 Å². The average Bonchev–Trinajstić information content (AvgIpc) is 2.42. The van der Waals surface area contributed by atoms with Crippen LogP contribution >= 0.6 is 0 Å². The van der Waals surface area contributed by atoms with Crippen molar-refractivity contribution in [1.29, 1.82) is 0 Å².